The average molecular weight is 307 g/mol. The van der Waals surface area contributed by atoms with Crippen LogP contribution in [0.2, 0.25) is 0 Å². The van der Waals surface area contributed by atoms with Gasteiger partial charge in [0.15, 0.2) is 0 Å². The minimum Gasteiger partial charge on any atom is -0.360 e. The molecule has 0 unspecified atom stereocenters. The average Bonchev–Trinajstić information content (AvgIpc) is 2.83. The topological polar surface area (TPSA) is 122 Å². The SMILES string of the molecule is CCCc1nc2ccc([N+](=O)[O-])c(C)n2c1NCC(=O)NO. The molecular formula is C13H17N5O4. The number of aromatic nitrogens is 2. The molecule has 0 bridgehead atoms. The first-order valence-electron chi connectivity index (χ1n) is 6.81. The maximum atomic E-state index is 11.2. The van der Waals surface area contributed by atoms with Crippen LogP contribution < -0.4 is 10.8 Å². The van der Waals surface area contributed by atoms with Crippen LogP contribution in [0, 0.1) is 17.0 Å². The van der Waals surface area contributed by atoms with Crippen molar-refractivity contribution in [3.05, 3.63) is 33.6 Å². The van der Waals surface area contributed by atoms with Crippen molar-refractivity contribution in [2.24, 2.45) is 0 Å². The quantitative estimate of drug-likeness (QED) is 0.421. The molecule has 9 heteroatoms. The third-order valence-corrected chi connectivity index (χ3v) is 3.30. The number of rotatable bonds is 6. The molecule has 2 heterocycles. The van der Waals surface area contributed by atoms with E-state index < -0.39 is 10.8 Å². The van der Waals surface area contributed by atoms with Gasteiger partial charge >= 0.3 is 0 Å². The second kappa shape index (κ2) is 6.39. The van der Waals surface area contributed by atoms with Gasteiger partial charge in [-0.05, 0) is 19.4 Å². The number of hydrogen-bond donors (Lipinski definition) is 3. The van der Waals surface area contributed by atoms with Crippen molar-refractivity contribution in [1.82, 2.24) is 14.9 Å². The number of fused-ring (bicyclic) bond motifs is 1. The molecule has 22 heavy (non-hydrogen) atoms. The normalized spacial score (nSPS) is 10.7. The van der Waals surface area contributed by atoms with E-state index in [0.29, 0.717) is 23.6 Å². The highest BCUT2D eigenvalue weighted by atomic mass is 16.6. The Bertz CT molecular complexity index is 725. The number of nitro groups is 1. The fourth-order valence-electron chi connectivity index (χ4n) is 2.31. The van der Waals surface area contributed by atoms with Crippen LogP contribution in [0.1, 0.15) is 24.7 Å². The van der Waals surface area contributed by atoms with Gasteiger partial charge in [0.25, 0.3) is 11.6 Å². The number of carbonyl (C=O) groups is 1. The Morgan fingerprint density at radius 1 is 1.50 bits per heavy atom. The van der Waals surface area contributed by atoms with Gasteiger partial charge in [-0.25, -0.2) is 10.5 Å². The molecule has 0 fully saturated rings. The number of hydrogen-bond acceptors (Lipinski definition) is 6. The van der Waals surface area contributed by atoms with E-state index in [9.17, 15) is 14.9 Å². The Morgan fingerprint density at radius 2 is 2.23 bits per heavy atom. The van der Waals surface area contributed by atoms with Crippen LogP contribution >= 0.6 is 0 Å². The zero-order valence-corrected chi connectivity index (χ0v) is 12.3. The number of hydroxylamine groups is 1. The van der Waals surface area contributed by atoms with Gasteiger partial charge in [-0.2, -0.15) is 0 Å². The van der Waals surface area contributed by atoms with E-state index in [0.717, 1.165) is 12.1 Å². The molecule has 0 saturated heterocycles. The number of pyridine rings is 1. The van der Waals surface area contributed by atoms with Gasteiger partial charge in [0.1, 0.15) is 17.2 Å². The predicted molar refractivity (Wildman–Crippen MR) is 79.0 cm³/mol. The Morgan fingerprint density at radius 3 is 2.82 bits per heavy atom. The Labute approximate surface area is 126 Å². The highest BCUT2D eigenvalue weighted by Crippen LogP contribution is 2.26. The predicted octanol–water partition coefficient (Wildman–Crippen LogP) is 1.42. The Kier molecular flexibility index (Phi) is 4.56. The van der Waals surface area contributed by atoms with Gasteiger partial charge in [0.05, 0.1) is 17.2 Å². The Hall–Kier alpha value is -2.68. The molecule has 0 aliphatic carbocycles. The number of amides is 1. The van der Waals surface area contributed by atoms with Crippen molar-refractivity contribution < 1.29 is 14.9 Å². The maximum Gasteiger partial charge on any atom is 0.288 e. The summed E-state index contributed by atoms with van der Waals surface area (Å²) in [6, 6.07) is 2.99. The van der Waals surface area contributed by atoms with Crippen LogP contribution in [-0.4, -0.2) is 32.0 Å². The summed E-state index contributed by atoms with van der Waals surface area (Å²) >= 11 is 0. The van der Waals surface area contributed by atoms with Crippen molar-refractivity contribution in [3.8, 4) is 0 Å². The number of aryl methyl sites for hydroxylation is 2. The first kappa shape index (κ1) is 15.7. The molecule has 0 atom stereocenters. The highest BCUT2D eigenvalue weighted by Gasteiger charge is 2.19. The van der Waals surface area contributed by atoms with Crippen LogP contribution in [0.5, 0.6) is 0 Å². The molecule has 2 aromatic heterocycles. The highest BCUT2D eigenvalue weighted by molar-refractivity contribution is 5.79. The number of imidazole rings is 1. The molecule has 9 nitrogen and oxygen atoms in total. The van der Waals surface area contributed by atoms with Crippen LogP contribution in [-0.2, 0) is 11.2 Å². The summed E-state index contributed by atoms with van der Waals surface area (Å²) < 4.78 is 1.62. The molecule has 118 valence electrons. The fourth-order valence-corrected chi connectivity index (χ4v) is 2.31. The smallest absolute Gasteiger partial charge is 0.288 e. The molecule has 0 saturated carbocycles. The van der Waals surface area contributed by atoms with E-state index in [1.54, 1.807) is 17.4 Å². The third kappa shape index (κ3) is 2.84. The van der Waals surface area contributed by atoms with Crippen molar-refractivity contribution >= 4 is 23.1 Å². The van der Waals surface area contributed by atoms with Crippen LogP contribution in [0.25, 0.3) is 5.65 Å². The molecule has 0 aliphatic rings. The zero-order valence-electron chi connectivity index (χ0n) is 12.3. The molecule has 2 rings (SSSR count). The lowest BCUT2D eigenvalue weighted by molar-refractivity contribution is -0.385. The molecule has 1 amide bonds. The van der Waals surface area contributed by atoms with Crippen molar-refractivity contribution in [2.75, 3.05) is 11.9 Å². The lowest BCUT2D eigenvalue weighted by Crippen LogP contribution is -2.27. The number of nitrogens with one attached hydrogen (secondary N) is 2. The minimum atomic E-state index is -0.611. The molecule has 0 aliphatic heterocycles. The second-order valence-electron chi connectivity index (χ2n) is 4.80. The summed E-state index contributed by atoms with van der Waals surface area (Å²) in [5, 5.41) is 22.5. The molecular weight excluding hydrogens is 290 g/mol. The summed E-state index contributed by atoms with van der Waals surface area (Å²) in [4.78, 5) is 26.3. The largest absolute Gasteiger partial charge is 0.360 e. The summed E-state index contributed by atoms with van der Waals surface area (Å²) in [7, 11) is 0. The summed E-state index contributed by atoms with van der Waals surface area (Å²) in [6.45, 7) is 3.45. The van der Waals surface area contributed by atoms with E-state index in [1.165, 1.54) is 11.5 Å². The molecule has 0 aromatic carbocycles. The molecule has 0 radical (unpaired) electrons. The van der Waals surface area contributed by atoms with Crippen molar-refractivity contribution in [1.29, 1.82) is 0 Å². The van der Waals surface area contributed by atoms with Crippen molar-refractivity contribution in [3.63, 3.8) is 0 Å². The van der Waals surface area contributed by atoms with Gasteiger partial charge in [0.2, 0.25) is 0 Å². The Balaban J connectivity index is 2.56. The standard InChI is InChI=1S/C13H17N5O4/c1-3-4-9-13(14-7-12(19)16-20)17-8(2)10(18(21)22)5-6-11(17)15-9/h5-6,14,20H,3-4,7H2,1-2H3,(H,16,19). The lowest BCUT2D eigenvalue weighted by atomic mass is 10.2. The summed E-state index contributed by atoms with van der Waals surface area (Å²) in [6.07, 6.45) is 1.50. The molecule has 2 aromatic rings. The summed E-state index contributed by atoms with van der Waals surface area (Å²) in [5.74, 6) is -0.0814. The number of anilines is 1. The molecule has 0 spiro atoms. The minimum absolute atomic E-state index is 0.0254. The van der Waals surface area contributed by atoms with Gasteiger partial charge in [-0.15, -0.1) is 0 Å². The van der Waals surface area contributed by atoms with E-state index in [1.807, 2.05) is 6.92 Å². The van der Waals surface area contributed by atoms with Crippen molar-refractivity contribution in [2.45, 2.75) is 26.7 Å². The van der Waals surface area contributed by atoms with E-state index in [4.69, 9.17) is 5.21 Å². The van der Waals surface area contributed by atoms with E-state index >= 15 is 0 Å². The number of carbonyl (C=O) groups excluding carboxylic acids is 1. The van der Waals surface area contributed by atoms with Crippen LogP contribution in [0.15, 0.2) is 12.1 Å². The van der Waals surface area contributed by atoms with Gasteiger partial charge < -0.3 is 5.32 Å². The second-order valence-corrected chi connectivity index (χ2v) is 4.80. The maximum absolute atomic E-state index is 11.2. The van der Waals surface area contributed by atoms with Gasteiger partial charge in [-0.3, -0.25) is 24.5 Å². The fraction of sp³-hybridized carbons (Fsp3) is 0.385. The van der Waals surface area contributed by atoms with E-state index in [2.05, 4.69) is 10.3 Å². The van der Waals surface area contributed by atoms with Gasteiger partial charge in [0, 0.05) is 6.07 Å². The first-order valence-corrected chi connectivity index (χ1v) is 6.81. The van der Waals surface area contributed by atoms with Crippen LogP contribution in [0.4, 0.5) is 11.5 Å². The monoisotopic (exact) mass is 307 g/mol. The number of nitrogens with zero attached hydrogens (tertiary/aromatic N) is 3. The lowest BCUT2D eigenvalue weighted by Gasteiger charge is -2.09. The molecule has 3 N–H and O–H groups in total. The van der Waals surface area contributed by atoms with Gasteiger partial charge in [-0.1, -0.05) is 13.3 Å². The van der Waals surface area contributed by atoms with Crippen LogP contribution in [0.3, 0.4) is 0 Å². The summed E-state index contributed by atoms with van der Waals surface area (Å²) in [5.41, 5.74) is 3.21. The third-order valence-electron chi connectivity index (χ3n) is 3.30. The van der Waals surface area contributed by atoms with E-state index in [-0.39, 0.29) is 12.2 Å². The first-order chi connectivity index (χ1) is 10.5. The zero-order chi connectivity index (χ0) is 16.3.